The highest BCUT2D eigenvalue weighted by Crippen LogP contribution is 2.30. The first-order chi connectivity index (χ1) is 13.2. The summed E-state index contributed by atoms with van der Waals surface area (Å²) in [7, 11) is 1.67. The van der Waals surface area contributed by atoms with Gasteiger partial charge in [0.1, 0.15) is 6.61 Å². The summed E-state index contributed by atoms with van der Waals surface area (Å²) >= 11 is 12.0. The molecule has 2 aromatic carbocycles. The van der Waals surface area contributed by atoms with Gasteiger partial charge in [-0.2, -0.15) is 0 Å². The van der Waals surface area contributed by atoms with Gasteiger partial charge in [0.05, 0.1) is 30.4 Å². The lowest BCUT2D eigenvalue weighted by Gasteiger charge is -2.26. The Kier molecular flexibility index (Phi) is 7.65. The number of morpholine rings is 1. The Morgan fingerprint density at radius 2 is 1.74 bits per heavy atom. The summed E-state index contributed by atoms with van der Waals surface area (Å²) in [4.78, 5) is 2.45. The fourth-order valence-electron chi connectivity index (χ4n) is 3.11. The van der Waals surface area contributed by atoms with Crippen LogP contribution < -0.4 is 9.47 Å². The van der Waals surface area contributed by atoms with E-state index in [2.05, 4.69) is 17.0 Å². The first-order valence-corrected chi connectivity index (χ1v) is 9.95. The first kappa shape index (κ1) is 20.3. The van der Waals surface area contributed by atoms with Crippen LogP contribution in [0.1, 0.15) is 17.5 Å². The summed E-state index contributed by atoms with van der Waals surface area (Å²) in [5.74, 6) is 1.47. The minimum Gasteiger partial charge on any atom is -0.493 e. The zero-order chi connectivity index (χ0) is 19.1. The Hall–Kier alpha value is -1.46. The standard InChI is InChI=1S/C21H25Cl2NO3/c1-25-21-14-16(3-2-8-24-9-11-26-12-10-24)5-7-20(21)27-15-17-4-6-18(22)19(23)13-17/h4-7,13-14H,2-3,8-12,15H2,1H3. The van der Waals surface area contributed by atoms with Gasteiger partial charge in [-0.05, 0) is 54.8 Å². The molecule has 2 aromatic rings. The molecule has 146 valence electrons. The number of halogens is 2. The second-order valence-electron chi connectivity index (χ2n) is 6.58. The molecule has 1 heterocycles. The quantitative estimate of drug-likeness (QED) is 0.623. The van der Waals surface area contributed by atoms with Crippen molar-refractivity contribution < 1.29 is 14.2 Å². The van der Waals surface area contributed by atoms with Crippen molar-refractivity contribution in [2.45, 2.75) is 19.4 Å². The molecule has 0 atom stereocenters. The molecule has 0 N–H and O–H groups in total. The van der Waals surface area contributed by atoms with Crippen molar-refractivity contribution in [3.63, 3.8) is 0 Å². The number of nitrogens with zero attached hydrogens (tertiary/aromatic N) is 1. The Labute approximate surface area is 170 Å². The molecule has 0 unspecified atom stereocenters. The number of hydrogen-bond acceptors (Lipinski definition) is 4. The maximum Gasteiger partial charge on any atom is 0.161 e. The van der Waals surface area contributed by atoms with Crippen LogP contribution in [0.15, 0.2) is 36.4 Å². The lowest BCUT2D eigenvalue weighted by atomic mass is 10.1. The molecule has 1 aliphatic heterocycles. The SMILES string of the molecule is COc1cc(CCCN2CCOCC2)ccc1OCc1ccc(Cl)c(Cl)c1. The number of hydrogen-bond donors (Lipinski definition) is 0. The third kappa shape index (κ3) is 6.01. The molecular weight excluding hydrogens is 385 g/mol. The molecule has 1 fully saturated rings. The highest BCUT2D eigenvalue weighted by molar-refractivity contribution is 6.42. The van der Waals surface area contributed by atoms with E-state index in [9.17, 15) is 0 Å². The van der Waals surface area contributed by atoms with Crippen molar-refractivity contribution in [2.24, 2.45) is 0 Å². The van der Waals surface area contributed by atoms with E-state index in [1.54, 1.807) is 13.2 Å². The fraction of sp³-hybridized carbons (Fsp3) is 0.429. The largest absolute Gasteiger partial charge is 0.493 e. The number of ether oxygens (including phenoxy) is 3. The van der Waals surface area contributed by atoms with Gasteiger partial charge in [-0.1, -0.05) is 35.3 Å². The van der Waals surface area contributed by atoms with Crippen molar-refractivity contribution in [3.8, 4) is 11.5 Å². The third-order valence-electron chi connectivity index (χ3n) is 4.65. The summed E-state index contributed by atoms with van der Waals surface area (Å²) in [5.41, 5.74) is 2.21. The van der Waals surface area contributed by atoms with Gasteiger partial charge in [-0.3, -0.25) is 4.90 Å². The zero-order valence-corrected chi connectivity index (χ0v) is 17.1. The van der Waals surface area contributed by atoms with Crippen LogP contribution in [0, 0.1) is 0 Å². The number of rotatable bonds is 8. The van der Waals surface area contributed by atoms with Crippen LogP contribution in [-0.4, -0.2) is 44.9 Å². The Balaban J connectivity index is 1.54. The van der Waals surface area contributed by atoms with Gasteiger partial charge in [0.15, 0.2) is 11.5 Å². The minimum absolute atomic E-state index is 0.406. The second-order valence-corrected chi connectivity index (χ2v) is 7.39. The van der Waals surface area contributed by atoms with E-state index < -0.39 is 0 Å². The summed E-state index contributed by atoms with van der Waals surface area (Å²) in [6.07, 6.45) is 2.13. The predicted molar refractivity (Wildman–Crippen MR) is 109 cm³/mol. The molecular formula is C21H25Cl2NO3. The van der Waals surface area contributed by atoms with E-state index in [4.69, 9.17) is 37.4 Å². The van der Waals surface area contributed by atoms with Crippen LogP contribution in [0.4, 0.5) is 0 Å². The Morgan fingerprint density at radius 3 is 2.48 bits per heavy atom. The third-order valence-corrected chi connectivity index (χ3v) is 5.39. The highest BCUT2D eigenvalue weighted by atomic mass is 35.5. The lowest BCUT2D eigenvalue weighted by Crippen LogP contribution is -2.36. The van der Waals surface area contributed by atoms with E-state index in [-0.39, 0.29) is 0 Å². The summed E-state index contributed by atoms with van der Waals surface area (Å²) in [6.45, 7) is 5.26. The van der Waals surface area contributed by atoms with Gasteiger partial charge in [0, 0.05) is 13.1 Å². The molecule has 0 spiro atoms. The van der Waals surface area contributed by atoms with E-state index in [0.717, 1.165) is 62.8 Å². The van der Waals surface area contributed by atoms with Crippen molar-refractivity contribution in [1.29, 1.82) is 0 Å². The van der Waals surface area contributed by atoms with Crippen molar-refractivity contribution in [1.82, 2.24) is 4.90 Å². The fourth-order valence-corrected chi connectivity index (χ4v) is 3.43. The van der Waals surface area contributed by atoms with E-state index in [1.165, 1.54) is 5.56 Å². The molecule has 0 aromatic heterocycles. The van der Waals surface area contributed by atoms with Gasteiger partial charge in [0.25, 0.3) is 0 Å². The van der Waals surface area contributed by atoms with Gasteiger partial charge >= 0.3 is 0 Å². The molecule has 1 aliphatic rings. The van der Waals surface area contributed by atoms with E-state index >= 15 is 0 Å². The van der Waals surface area contributed by atoms with Crippen LogP contribution >= 0.6 is 23.2 Å². The zero-order valence-electron chi connectivity index (χ0n) is 15.5. The average Bonchev–Trinajstić information content (AvgIpc) is 2.70. The molecule has 0 bridgehead atoms. The molecule has 0 amide bonds. The molecule has 3 rings (SSSR count). The maximum atomic E-state index is 6.06. The summed E-state index contributed by atoms with van der Waals surface area (Å²) in [5, 5.41) is 1.07. The molecule has 27 heavy (non-hydrogen) atoms. The molecule has 0 radical (unpaired) electrons. The monoisotopic (exact) mass is 409 g/mol. The highest BCUT2D eigenvalue weighted by Gasteiger charge is 2.11. The molecule has 1 saturated heterocycles. The normalized spacial score (nSPS) is 14.9. The smallest absolute Gasteiger partial charge is 0.161 e. The van der Waals surface area contributed by atoms with Crippen LogP contribution in [0.3, 0.4) is 0 Å². The summed E-state index contributed by atoms with van der Waals surface area (Å²) < 4.78 is 16.8. The minimum atomic E-state index is 0.406. The maximum absolute atomic E-state index is 6.06. The van der Waals surface area contributed by atoms with Crippen molar-refractivity contribution >= 4 is 23.2 Å². The van der Waals surface area contributed by atoms with Crippen LogP contribution in [-0.2, 0) is 17.8 Å². The van der Waals surface area contributed by atoms with Crippen LogP contribution in [0.2, 0.25) is 10.0 Å². The van der Waals surface area contributed by atoms with Gasteiger partial charge in [0.2, 0.25) is 0 Å². The number of methoxy groups -OCH3 is 1. The molecule has 6 heteroatoms. The van der Waals surface area contributed by atoms with E-state index in [1.807, 2.05) is 18.2 Å². The van der Waals surface area contributed by atoms with E-state index in [0.29, 0.717) is 16.7 Å². The van der Waals surface area contributed by atoms with Gasteiger partial charge in [-0.25, -0.2) is 0 Å². The van der Waals surface area contributed by atoms with Gasteiger partial charge in [-0.15, -0.1) is 0 Å². The average molecular weight is 410 g/mol. The topological polar surface area (TPSA) is 30.9 Å². The van der Waals surface area contributed by atoms with Crippen LogP contribution in [0.25, 0.3) is 0 Å². The van der Waals surface area contributed by atoms with Crippen molar-refractivity contribution in [2.75, 3.05) is 40.0 Å². The molecule has 4 nitrogen and oxygen atoms in total. The number of benzene rings is 2. The summed E-state index contributed by atoms with van der Waals surface area (Å²) in [6, 6.07) is 11.6. The molecule has 0 saturated carbocycles. The molecule has 0 aliphatic carbocycles. The Bertz CT molecular complexity index is 748. The second kappa shape index (κ2) is 10.2. The first-order valence-electron chi connectivity index (χ1n) is 9.19. The lowest BCUT2D eigenvalue weighted by molar-refractivity contribution is 0.0374. The Morgan fingerprint density at radius 1 is 0.963 bits per heavy atom. The number of aryl methyl sites for hydroxylation is 1. The van der Waals surface area contributed by atoms with Crippen LogP contribution in [0.5, 0.6) is 11.5 Å². The van der Waals surface area contributed by atoms with Gasteiger partial charge < -0.3 is 14.2 Å². The van der Waals surface area contributed by atoms with Crippen molar-refractivity contribution in [3.05, 3.63) is 57.6 Å². The predicted octanol–water partition coefficient (Wildman–Crippen LogP) is 4.85.